The van der Waals surface area contributed by atoms with E-state index in [1.807, 2.05) is 25.4 Å². The highest BCUT2D eigenvalue weighted by Crippen LogP contribution is 2.36. The van der Waals surface area contributed by atoms with Gasteiger partial charge in [-0.05, 0) is 55.5 Å². The number of nitrogens with zero attached hydrogens (tertiary/aromatic N) is 1. The van der Waals surface area contributed by atoms with E-state index < -0.39 is 0 Å². The van der Waals surface area contributed by atoms with Gasteiger partial charge in [0.05, 0.1) is 6.10 Å². The minimum Gasteiger partial charge on any atom is -0.487 e. The summed E-state index contributed by atoms with van der Waals surface area (Å²) in [5, 5.41) is 1.16. The van der Waals surface area contributed by atoms with Gasteiger partial charge in [0.15, 0.2) is 11.6 Å². The van der Waals surface area contributed by atoms with Crippen LogP contribution in [0.1, 0.15) is 32.1 Å². The first-order chi connectivity index (χ1) is 11.7. The molecule has 0 amide bonds. The highest BCUT2D eigenvalue weighted by Gasteiger charge is 2.19. The number of hydrogen-bond acceptors (Lipinski definition) is 1. The smallest absolute Gasteiger partial charge is 0.165 e. The van der Waals surface area contributed by atoms with E-state index >= 15 is 0 Å². The predicted octanol–water partition coefficient (Wildman–Crippen LogP) is 5.70. The number of aromatic nitrogens is 1. The van der Waals surface area contributed by atoms with Crippen LogP contribution in [0, 0.1) is 5.82 Å². The number of aryl methyl sites for hydroxylation is 1. The lowest BCUT2D eigenvalue weighted by Gasteiger charge is -2.24. The number of halogens is 1. The summed E-state index contributed by atoms with van der Waals surface area (Å²) < 4.78 is 22.7. The molecule has 0 N–H and O–H groups in total. The van der Waals surface area contributed by atoms with E-state index in [-0.39, 0.29) is 11.9 Å². The molecule has 24 heavy (non-hydrogen) atoms. The van der Waals surface area contributed by atoms with E-state index in [1.54, 1.807) is 6.07 Å². The fraction of sp³-hybridized carbons (Fsp3) is 0.333. The van der Waals surface area contributed by atoms with E-state index in [0.717, 1.165) is 29.4 Å². The molecule has 0 saturated heterocycles. The Morgan fingerprint density at radius 3 is 2.71 bits per heavy atom. The van der Waals surface area contributed by atoms with Gasteiger partial charge in [-0.1, -0.05) is 24.6 Å². The van der Waals surface area contributed by atoms with E-state index in [4.69, 9.17) is 4.74 Å². The topological polar surface area (TPSA) is 14.2 Å². The van der Waals surface area contributed by atoms with Crippen LogP contribution in [0.3, 0.4) is 0 Å². The lowest BCUT2D eigenvalue weighted by atomic mass is 9.97. The standard InChI is InChI=1S/C21H22FNO/c1-23-13-12-16-14-15(10-11-20(16)23)18-8-5-9-19(22)21(18)24-17-6-3-2-4-7-17/h5,8-14,17H,2-4,6-7H2,1H3. The summed E-state index contributed by atoms with van der Waals surface area (Å²) >= 11 is 0. The van der Waals surface area contributed by atoms with Crippen LogP contribution in [0.2, 0.25) is 0 Å². The Hall–Kier alpha value is -2.29. The van der Waals surface area contributed by atoms with E-state index in [1.165, 1.54) is 30.8 Å². The Kier molecular flexibility index (Phi) is 4.01. The molecular formula is C21H22FNO. The van der Waals surface area contributed by atoms with Gasteiger partial charge in [-0.2, -0.15) is 0 Å². The van der Waals surface area contributed by atoms with Gasteiger partial charge in [-0.25, -0.2) is 4.39 Å². The molecule has 0 aliphatic heterocycles. The number of ether oxygens (including phenoxy) is 1. The second-order valence-electron chi connectivity index (χ2n) is 6.69. The third kappa shape index (κ3) is 2.79. The van der Waals surface area contributed by atoms with Crippen LogP contribution < -0.4 is 4.74 Å². The van der Waals surface area contributed by atoms with Gasteiger partial charge in [0.2, 0.25) is 0 Å². The molecule has 0 radical (unpaired) electrons. The minimum atomic E-state index is -0.272. The highest BCUT2D eigenvalue weighted by molar-refractivity contribution is 5.86. The van der Waals surface area contributed by atoms with E-state index in [0.29, 0.717) is 5.75 Å². The van der Waals surface area contributed by atoms with Crippen LogP contribution in [-0.4, -0.2) is 10.7 Å². The lowest BCUT2D eigenvalue weighted by Crippen LogP contribution is -2.20. The molecule has 4 rings (SSSR count). The van der Waals surface area contributed by atoms with Gasteiger partial charge in [-0.15, -0.1) is 0 Å². The van der Waals surface area contributed by atoms with Crippen molar-refractivity contribution in [2.45, 2.75) is 38.2 Å². The average Bonchev–Trinajstić information content (AvgIpc) is 2.98. The first kappa shape index (κ1) is 15.3. The largest absolute Gasteiger partial charge is 0.487 e. The molecule has 124 valence electrons. The number of fused-ring (bicyclic) bond motifs is 1. The van der Waals surface area contributed by atoms with Crippen molar-refractivity contribution < 1.29 is 9.13 Å². The van der Waals surface area contributed by atoms with Crippen LogP contribution in [0.4, 0.5) is 4.39 Å². The van der Waals surface area contributed by atoms with Crippen LogP contribution in [0.5, 0.6) is 5.75 Å². The Morgan fingerprint density at radius 2 is 1.88 bits per heavy atom. The molecule has 1 saturated carbocycles. The third-order valence-electron chi connectivity index (χ3n) is 5.00. The molecule has 3 aromatic rings. The number of benzene rings is 2. The molecule has 2 nitrogen and oxygen atoms in total. The molecule has 0 atom stereocenters. The Bertz CT molecular complexity index is 861. The van der Waals surface area contributed by atoms with Crippen molar-refractivity contribution in [3.63, 3.8) is 0 Å². The normalized spacial score (nSPS) is 15.8. The Balaban J connectivity index is 1.74. The average molecular weight is 323 g/mol. The summed E-state index contributed by atoms with van der Waals surface area (Å²) in [4.78, 5) is 0. The van der Waals surface area contributed by atoms with Crippen LogP contribution >= 0.6 is 0 Å². The monoisotopic (exact) mass is 323 g/mol. The fourth-order valence-corrected chi connectivity index (χ4v) is 3.65. The molecular weight excluding hydrogens is 301 g/mol. The second kappa shape index (κ2) is 6.31. The molecule has 1 heterocycles. The Labute approximate surface area is 141 Å². The van der Waals surface area contributed by atoms with Crippen molar-refractivity contribution in [1.82, 2.24) is 4.57 Å². The van der Waals surface area contributed by atoms with Gasteiger partial charge in [0, 0.05) is 29.7 Å². The van der Waals surface area contributed by atoms with Crippen molar-refractivity contribution in [2.24, 2.45) is 7.05 Å². The Morgan fingerprint density at radius 1 is 1.04 bits per heavy atom. The molecule has 0 unspecified atom stereocenters. The molecule has 0 bridgehead atoms. The highest BCUT2D eigenvalue weighted by atomic mass is 19.1. The van der Waals surface area contributed by atoms with Gasteiger partial charge in [0.25, 0.3) is 0 Å². The SMILES string of the molecule is Cn1ccc2cc(-c3cccc(F)c3OC3CCCCC3)ccc21. The van der Waals surface area contributed by atoms with Gasteiger partial charge < -0.3 is 9.30 Å². The summed E-state index contributed by atoms with van der Waals surface area (Å²) in [5.74, 6) is 0.130. The fourth-order valence-electron chi connectivity index (χ4n) is 3.65. The van der Waals surface area contributed by atoms with Crippen molar-refractivity contribution in [1.29, 1.82) is 0 Å². The van der Waals surface area contributed by atoms with Gasteiger partial charge >= 0.3 is 0 Å². The third-order valence-corrected chi connectivity index (χ3v) is 5.00. The molecule has 1 fully saturated rings. The number of para-hydroxylation sites is 1. The van der Waals surface area contributed by atoms with Crippen molar-refractivity contribution in [3.05, 3.63) is 54.5 Å². The summed E-state index contributed by atoms with van der Waals surface area (Å²) in [7, 11) is 2.03. The maximum Gasteiger partial charge on any atom is 0.165 e. The first-order valence-corrected chi connectivity index (χ1v) is 8.73. The van der Waals surface area contributed by atoms with Crippen molar-refractivity contribution in [2.75, 3.05) is 0 Å². The zero-order valence-electron chi connectivity index (χ0n) is 14.0. The quantitative estimate of drug-likeness (QED) is 0.603. The molecule has 1 aliphatic carbocycles. The summed E-state index contributed by atoms with van der Waals surface area (Å²) in [6, 6.07) is 13.5. The maximum absolute atomic E-state index is 14.5. The van der Waals surface area contributed by atoms with Crippen LogP contribution in [0.25, 0.3) is 22.0 Å². The molecule has 1 aromatic heterocycles. The van der Waals surface area contributed by atoms with Gasteiger partial charge in [0.1, 0.15) is 0 Å². The molecule has 1 aliphatic rings. The molecule has 2 aromatic carbocycles. The van der Waals surface area contributed by atoms with Crippen LogP contribution in [0.15, 0.2) is 48.7 Å². The molecule has 0 spiro atoms. The summed E-state index contributed by atoms with van der Waals surface area (Å²) in [6.45, 7) is 0. The van der Waals surface area contributed by atoms with Crippen molar-refractivity contribution in [3.8, 4) is 16.9 Å². The van der Waals surface area contributed by atoms with Crippen molar-refractivity contribution >= 4 is 10.9 Å². The number of rotatable bonds is 3. The summed E-state index contributed by atoms with van der Waals surface area (Å²) in [5.41, 5.74) is 3.01. The van der Waals surface area contributed by atoms with Gasteiger partial charge in [-0.3, -0.25) is 0 Å². The maximum atomic E-state index is 14.5. The predicted molar refractivity (Wildman–Crippen MR) is 95.8 cm³/mol. The van der Waals surface area contributed by atoms with Crippen LogP contribution in [-0.2, 0) is 7.05 Å². The summed E-state index contributed by atoms with van der Waals surface area (Å²) in [6.07, 6.45) is 7.81. The minimum absolute atomic E-state index is 0.134. The molecule has 3 heteroatoms. The van der Waals surface area contributed by atoms with E-state index in [2.05, 4.69) is 22.8 Å². The second-order valence-corrected chi connectivity index (χ2v) is 6.69. The number of hydrogen-bond donors (Lipinski definition) is 0. The zero-order valence-corrected chi connectivity index (χ0v) is 14.0. The first-order valence-electron chi connectivity index (χ1n) is 8.73. The lowest BCUT2D eigenvalue weighted by molar-refractivity contribution is 0.149. The zero-order chi connectivity index (χ0) is 16.5. The van der Waals surface area contributed by atoms with E-state index in [9.17, 15) is 4.39 Å².